The molecule has 2 unspecified atom stereocenters. The Balaban J connectivity index is 1.91. The Hall–Kier alpha value is -0.840. The van der Waals surface area contributed by atoms with E-state index >= 15 is 0 Å². The minimum absolute atomic E-state index is 0.183. The molecule has 2 rings (SSSR count). The SMILES string of the molecule is NNC(Cc1ccoc1)C1CCCCO1. The van der Waals surface area contributed by atoms with Crippen LogP contribution in [0.4, 0.5) is 0 Å². The van der Waals surface area contributed by atoms with Gasteiger partial charge in [-0.2, -0.15) is 0 Å². The van der Waals surface area contributed by atoms with Crippen LogP contribution in [0.2, 0.25) is 0 Å². The Kier molecular flexibility index (Phi) is 3.77. The van der Waals surface area contributed by atoms with Crippen molar-refractivity contribution >= 4 is 0 Å². The van der Waals surface area contributed by atoms with Crippen molar-refractivity contribution < 1.29 is 9.15 Å². The van der Waals surface area contributed by atoms with Gasteiger partial charge in [-0.15, -0.1) is 0 Å². The van der Waals surface area contributed by atoms with E-state index in [1.54, 1.807) is 12.5 Å². The van der Waals surface area contributed by atoms with Crippen LogP contribution in [0.5, 0.6) is 0 Å². The van der Waals surface area contributed by atoms with Crippen LogP contribution in [0.25, 0.3) is 0 Å². The average Bonchev–Trinajstić information content (AvgIpc) is 2.80. The van der Waals surface area contributed by atoms with E-state index in [0.717, 1.165) is 25.0 Å². The molecule has 3 N–H and O–H groups in total. The largest absolute Gasteiger partial charge is 0.472 e. The molecule has 0 spiro atoms. The van der Waals surface area contributed by atoms with Crippen LogP contribution in [-0.4, -0.2) is 18.8 Å². The van der Waals surface area contributed by atoms with Crippen LogP contribution in [0.1, 0.15) is 24.8 Å². The highest BCUT2D eigenvalue weighted by Gasteiger charge is 2.23. The fraction of sp³-hybridized carbons (Fsp3) is 0.636. The Labute approximate surface area is 89.7 Å². The summed E-state index contributed by atoms with van der Waals surface area (Å²) in [7, 11) is 0. The van der Waals surface area contributed by atoms with E-state index < -0.39 is 0 Å². The molecule has 15 heavy (non-hydrogen) atoms. The zero-order valence-electron chi connectivity index (χ0n) is 8.82. The van der Waals surface area contributed by atoms with Crippen LogP contribution >= 0.6 is 0 Å². The van der Waals surface area contributed by atoms with Gasteiger partial charge in [-0.1, -0.05) is 0 Å². The van der Waals surface area contributed by atoms with Crippen molar-refractivity contribution in [3.8, 4) is 0 Å². The molecule has 0 aliphatic carbocycles. The molecule has 84 valence electrons. The van der Waals surface area contributed by atoms with Gasteiger partial charge >= 0.3 is 0 Å². The van der Waals surface area contributed by atoms with Gasteiger partial charge in [0.25, 0.3) is 0 Å². The molecule has 0 radical (unpaired) electrons. The van der Waals surface area contributed by atoms with Gasteiger partial charge in [0, 0.05) is 6.61 Å². The van der Waals surface area contributed by atoms with Gasteiger partial charge in [0.15, 0.2) is 0 Å². The maximum atomic E-state index is 5.71. The minimum atomic E-state index is 0.183. The zero-order valence-corrected chi connectivity index (χ0v) is 8.82. The molecule has 1 aromatic rings. The maximum absolute atomic E-state index is 5.71. The van der Waals surface area contributed by atoms with Gasteiger partial charge in [0.05, 0.1) is 24.7 Å². The van der Waals surface area contributed by atoms with Gasteiger partial charge in [-0.25, -0.2) is 0 Å². The summed E-state index contributed by atoms with van der Waals surface area (Å²) >= 11 is 0. The van der Waals surface area contributed by atoms with E-state index in [1.165, 1.54) is 12.8 Å². The van der Waals surface area contributed by atoms with Gasteiger partial charge in [-0.3, -0.25) is 11.3 Å². The Morgan fingerprint density at radius 3 is 3.07 bits per heavy atom. The zero-order chi connectivity index (χ0) is 10.5. The van der Waals surface area contributed by atoms with Crippen LogP contribution in [0.3, 0.4) is 0 Å². The molecular weight excluding hydrogens is 192 g/mol. The first-order valence-electron chi connectivity index (χ1n) is 5.49. The van der Waals surface area contributed by atoms with Crippen LogP contribution in [0.15, 0.2) is 23.0 Å². The molecule has 1 fully saturated rings. The summed E-state index contributed by atoms with van der Waals surface area (Å²) in [5, 5.41) is 0. The molecule has 4 nitrogen and oxygen atoms in total. The molecule has 4 heteroatoms. The van der Waals surface area contributed by atoms with Crippen molar-refractivity contribution in [2.45, 2.75) is 37.8 Å². The fourth-order valence-corrected chi connectivity index (χ4v) is 2.04. The summed E-state index contributed by atoms with van der Waals surface area (Å²) < 4.78 is 10.7. The normalized spacial score (nSPS) is 23.9. The number of nitrogens with one attached hydrogen (secondary N) is 1. The van der Waals surface area contributed by atoms with E-state index in [1.807, 2.05) is 6.07 Å². The number of hydrogen-bond donors (Lipinski definition) is 2. The monoisotopic (exact) mass is 210 g/mol. The second-order valence-corrected chi connectivity index (χ2v) is 4.01. The van der Waals surface area contributed by atoms with Crippen LogP contribution < -0.4 is 11.3 Å². The number of hydrazine groups is 1. The van der Waals surface area contributed by atoms with E-state index in [9.17, 15) is 0 Å². The maximum Gasteiger partial charge on any atom is 0.0935 e. The van der Waals surface area contributed by atoms with Gasteiger partial charge in [0.1, 0.15) is 0 Å². The highest BCUT2D eigenvalue weighted by atomic mass is 16.5. The van der Waals surface area contributed by atoms with Gasteiger partial charge in [-0.05, 0) is 37.3 Å². The number of hydrogen-bond acceptors (Lipinski definition) is 4. The standard InChI is InChI=1S/C11H18N2O2/c12-13-10(7-9-4-6-14-8-9)11-3-1-2-5-15-11/h4,6,8,10-11,13H,1-3,5,7,12H2. The first-order chi connectivity index (χ1) is 7.40. The molecule has 2 heterocycles. The minimum Gasteiger partial charge on any atom is -0.472 e. The van der Waals surface area contributed by atoms with Crippen molar-refractivity contribution in [1.82, 2.24) is 5.43 Å². The van der Waals surface area contributed by atoms with Crippen LogP contribution in [0, 0.1) is 0 Å². The highest BCUT2D eigenvalue weighted by molar-refractivity contribution is 5.08. The number of nitrogens with two attached hydrogens (primary N) is 1. The summed E-state index contributed by atoms with van der Waals surface area (Å²) in [5.41, 5.74) is 4.00. The first-order valence-corrected chi connectivity index (χ1v) is 5.49. The fourth-order valence-electron chi connectivity index (χ4n) is 2.04. The van der Waals surface area contributed by atoms with Crippen LogP contribution in [-0.2, 0) is 11.2 Å². The van der Waals surface area contributed by atoms with Crippen molar-refractivity contribution in [2.75, 3.05) is 6.61 Å². The lowest BCUT2D eigenvalue weighted by Gasteiger charge is -2.29. The molecule has 0 saturated carbocycles. The number of rotatable bonds is 4. The van der Waals surface area contributed by atoms with E-state index in [2.05, 4.69) is 5.43 Å². The van der Waals surface area contributed by atoms with Gasteiger partial charge < -0.3 is 9.15 Å². The third-order valence-electron chi connectivity index (χ3n) is 2.91. The smallest absolute Gasteiger partial charge is 0.0935 e. The first kappa shape index (κ1) is 10.7. The van der Waals surface area contributed by atoms with Crippen molar-refractivity contribution in [2.24, 2.45) is 5.84 Å². The quantitative estimate of drug-likeness (QED) is 0.579. The van der Waals surface area contributed by atoms with Crippen molar-refractivity contribution in [3.05, 3.63) is 24.2 Å². The van der Waals surface area contributed by atoms with Gasteiger partial charge in [0.2, 0.25) is 0 Å². The molecule has 1 saturated heterocycles. The van der Waals surface area contributed by atoms with Crippen molar-refractivity contribution in [1.29, 1.82) is 0 Å². The predicted molar refractivity (Wildman–Crippen MR) is 57.1 cm³/mol. The number of furan rings is 1. The third-order valence-corrected chi connectivity index (χ3v) is 2.91. The van der Waals surface area contributed by atoms with E-state index in [-0.39, 0.29) is 12.1 Å². The summed E-state index contributed by atoms with van der Waals surface area (Å²) in [6.45, 7) is 0.855. The molecule has 0 aromatic carbocycles. The predicted octanol–water partition coefficient (Wildman–Crippen LogP) is 1.22. The lowest BCUT2D eigenvalue weighted by Crippen LogP contribution is -2.47. The molecule has 2 atom stereocenters. The summed E-state index contributed by atoms with van der Waals surface area (Å²) in [6, 6.07) is 2.15. The summed E-state index contributed by atoms with van der Waals surface area (Å²) in [5.74, 6) is 5.56. The van der Waals surface area contributed by atoms with Crippen molar-refractivity contribution in [3.63, 3.8) is 0 Å². The lowest BCUT2D eigenvalue weighted by molar-refractivity contribution is -0.00746. The average molecular weight is 210 g/mol. The third kappa shape index (κ3) is 2.81. The topological polar surface area (TPSA) is 60.4 Å². The Morgan fingerprint density at radius 1 is 1.53 bits per heavy atom. The second-order valence-electron chi connectivity index (χ2n) is 4.01. The number of ether oxygens (including phenoxy) is 1. The Morgan fingerprint density at radius 2 is 2.47 bits per heavy atom. The molecule has 1 aromatic heterocycles. The molecular formula is C11H18N2O2. The molecule has 0 amide bonds. The lowest BCUT2D eigenvalue weighted by atomic mass is 9.98. The Bertz CT molecular complexity index is 268. The molecule has 1 aliphatic rings. The van der Waals surface area contributed by atoms with E-state index in [0.29, 0.717) is 0 Å². The second kappa shape index (κ2) is 5.30. The summed E-state index contributed by atoms with van der Waals surface area (Å²) in [4.78, 5) is 0. The molecule has 0 bridgehead atoms. The highest BCUT2D eigenvalue weighted by Crippen LogP contribution is 2.18. The molecule has 1 aliphatic heterocycles. The van der Waals surface area contributed by atoms with E-state index in [4.69, 9.17) is 15.0 Å². The summed E-state index contributed by atoms with van der Waals surface area (Å²) in [6.07, 6.45) is 8.02.